The number of rotatable bonds is 7. The second-order valence-corrected chi connectivity index (χ2v) is 4.68. The van der Waals surface area contributed by atoms with Crippen molar-refractivity contribution in [3.8, 4) is 23.4 Å². The molecule has 26 heavy (non-hydrogen) atoms. The van der Waals surface area contributed by atoms with Crippen LogP contribution in [0, 0.1) is 0 Å². The van der Waals surface area contributed by atoms with Gasteiger partial charge in [0, 0.05) is 0 Å². The molecule has 0 aliphatic rings. The Kier molecular flexibility index (Phi) is 6.05. The largest absolute Gasteiger partial charge is 0.462 e. The number of halogens is 6. The van der Waals surface area contributed by atoms with Gasteiger partial charge in [-0.15, -0.1) is 0 Å². The van der Waals surface area contributed by atoms with E-state index in [1.165, 1.54) is 0 Å². The van der Waals surface area contributed by atoms with Gasteiger partial charge in [-0.25, -0.2) is 0 Å². The predicted molar refractivity (Wildman–Crippen MR) is 71.0 cm³/mol. The van der Waals surface area contributed by atoms with Crippen LogP contribution < -0.4 is 9.47 Å². The summed E-state index contributed by atoms with van der Waals surface area (Å²) in [6, 6.07) is -0.852. The van der Waals surface area contributed by atoms with Gasteiger partial charge in [-0.3, -0.25) is 0 Å². The van der Waals surface area contributed by atoms with Gasteiger partial charge in [-0.05, 0) is 0 Å². The highest BCUT2D eigenvalue weighted by molar-refractivity contribution is 5.51. The van der Waals surface area contributed by atoms with E-state index < -0.39 is 50.4 Å². The summed E-state index contributed by atoms with van der Waals surface area (Å²) < 4.78 is 82.0. The first-order valence-electron chi connectivity index (χ1n) is 6.91. The van der Waals surface area contributed by atoms with Crippen molar-refractivity contribution in [1.29, 1.82) is 0 Å². The minimum Gasteiger partial charge on any atom is -0.462 e. The van der Waals surface area contributed by atoms with Gasteiger partial charge in [-0.2, -0.15) is 46.5 Å². The summed E-state index contributed by atoms with van der Waals surface area (Å²) in [5, 5.41) is 13.8. The molecule has 0 unspecified atom stereocenters. The van der Waals surface area contributed by atoms with Crippen molar-refractivity contribution in [1.82, 2.24) is 30.4 Å². The van der Waals surface area contributed by atoms with Gasteiger partial charge in [0.2, 0.25) is 0 Å². The molecule has 0 radical (unpaired) electrons. The van der Waals surface area contributed by atoms with Gasteiger partial charge in [-0.1, -0.05) is 10.2 Å². The molecule has 0 fully saturated rings. The second-order valence-electron chi connectivity index (χ2n) is 4.68. The third-order valence-corrected chi connectivity index (χ3v) is 2.57. The highest BCUT2D eigenvalue weighted by atomic mass is 19.4. The fraction of sp³-hybridized carbons (Fsp3) is 0.500. The molecule has 0 bridgehead atoms. The minimum atomic E-state index is -4.40. The first-order chi connectivity index (χ1) is 12.1. The lowest BCUT2D eigenvalue weighted by Crippen LogP contribution is -2.14. The second kappa shape index (κ2) is 8.05. The maximum Gasteiger partial charge on any atom is 0.392 e. The fourth-order valence-corrected chi connectivity index (χ4v) is 1.46. The van der Waals surface area contributed by atoms with E-state index in [0.717, 1.165) is 12.4 Å². The van der Waals surface area contributed by atoms with E-state index in [9.17, 15) is 26.3 Å². The average molecular weight is 384 g/mol. The molecular weight excluding hydrogens is 374 g/mol. The van der Waals surface area contributed by atoms with Crippen LogP contribution in [0.1, 0.15) is 12.8 Å². The Morgan fingerprint density at radius 2 is 1.08 bits per heavy atom. The van der Waals surface area contributed by atoms with Gasteiger partial charge in [0.15, 0.2) is 0 Å². The molecule has 2 aromatic rings. The van der Waals surface area contributed by atoms with Crippen LogP contribution in [0.3, 0.4) is 0 Å². The van der Waals surface area contributed by atoms with E-state index >= 15 is 0 Å². The number of alkyl halides is 6. The molecule has 0 amide bonds. The topological polar surface area (TPSA) is 95.8 Å². The number of aromatic nitrogens is 6. The average Bonchev–Trinajstić information content (AvgIpc) is 2.53. The molecule has 0 spiro atoms. The van der Waals surface area contributed by atoms with E-state index in [2.05, 4.69) is 30.4 Å². The number of hydrogen-bond acceptors (Lipinski definition) is 8. The Morgan fingerprint density at radius 3 is 1.42 bits per heavy atom. The molecular formula is C12H10F6N6O2. The van der Waals surface area contributed by atoms with Gasteiger partial charge in [0.05, 0.1) is 25.2 Å². The molecule has 0 atom stereocenters. The van der Waals surface area contributed by atoms with E-state index in [1.807, 2.05) is 0 Å². The van der Waals surface area contributed by atoms with Crippen LogP contribution >= 0.6 is 0 Å². The maximum absolute atomic E-state index is 12.1. The van der Waals surface area contributed by atoms with Crippen LogP contribution in [0.5, 0.6) is 12.0 Å². The van der Waals surface area contributed by atoms with Crippen LogP contribution in [-0.4, -0.2) is 55.9 Å². The molecule has 0 N–H and O–H groups in total. The summed E-state index contributed by atoms with van der Waals surface area (Å²) in [5.41, 5.74) is 0.0233. The zero-order valence-corrected chi connectivity index (χ0v) is 12.8. The number of hydrogen-bond donors (Lipinski definition) is 0. The Balaban J connectivity index is 2.02. The zero-order valence-electron chi connectivity index (χ0n) is 12.8. The van der Waals surface area contributed by atoms with Crippen molar-refractivity contribution in [3.63, 3.8) is 0 Å². The molecule has 0 aliphatic carbocycles. The lowest BCUT2D eigenvalue weighted by atomic mass is 10.3. The summed E-state index contributed by atoms with van der Waals surface area (Å²) in [5.74, 6) is 0. The van der Waals surface area contributed by atoms with Crippen LogP contribution in [0.25, 0.3) is 11.4 Å². The summed E-state index contributed by atoms with van der Waals surface area (Å²) in [4.78, 5) is 7.59. The standard InChI is InChI=1S/C12H10F6N6O2/c13-11(14,15)1-3-25-9-21-7(5-19-23-9)8-6-20-24-10(22-8)26-4-2-12(16,17)18/h5-6H,1-4H2. The normalized spacial score (nSPS) is 12.1. The molecule has 0 saturated carbocycles. The van der Waals surface area contributed by atoms with Crippen molar-refractivity contribution >= 4 is 0 Å². The van der Waals surface area contributed by atoms with Crippen molar-refractivity contribution in [3.05, 3.63) is 12.4 Å². The summed E-state index contributed by atoms with van der Waals surface area (Å²) >= 11 is 0. The van der Waals surface area contributed by atoms with Crippen molar-refractivity contribution in [2.45, 2.75) is 25.2 Å². The molecule has 142 valence electrons. The van der Waals surface area contributed by atoms with Crippen molar-refractivity contribution in [2.75, 3.05) is 13.2 Å². The molecule has 0 aliphatic heterocycles. The smallest absolute Gasteiger partial charge is 0.392 e. The first kappa shape index (κ1) is 19.5. The summed E-state index contributed by atoms with van der Waals surface area (Å²) in [6.45, 7) is -1.41. The molecule has 2 heterocycles. The van der Waals surface area contributed by atoms with Crippen LogP contribution in [0.15, 0.2) is 12.4 Å². The summed E-state index contributed by atoms with van der Waals surface area (Å²) in [7, 11) is 0. The van der Waals surface area contributed by atoms with Crippen LogP contribution in [0.2, 0.25) is 0 Å². The quantitative estimate of drug-likeness (QED) is 0.672. The third-order valence-electron chi connectivity index (χ3n) is 2.57. The highest BCUT2D eigenvalue weighted by Crippen LogP contribution is 2.21. The Hall–Kier alpha value is -2.80. The molecule has 2 aromatic heterocycles. The molecule has 0 aromatic carbocycles. The molecule has 14 heteroatoms. The lowest BCUT2D eigenvalue weighted by Gasteiger charge is -2.08. The van der Waals surface area contributed by atoms with E-state index in [-0.39, 0.29) is 11.4 Å². The van der Waals surface area contributed by atoms with E-state index in [1.54, 1.807) is 0 Å². The van der Waals surface area contributed by atoms with Crippen molar-refractivity contribution < 1.29 is 35.8 Å². The Labute approximate surface area is 141 Å². The van der Waals surface area contributed by atoms with Gasteiger partial charge in [0.1, 0.15) is 24.6 Å². The Bertz CT molecular complexity index is 664. The zero-order chi connectivity index (χ0) is 19.2. The molecule has 2 rings (SSSR count). The monoisotopic (exact) mass is 384 g/mol. The highest BCUT2D eigenvalue weighted by Gasteiger charge is 2.28. The third kappa shape index (κ3) is 6.98. The van der Waals surface area contributed by atoms with Crippen LogP contribution in [0.4, 0.5) is 26.3 Å². The van der Waals surface area contributed by atoms with E-state index in [4.69, 9.17) is 9.47 Å². The van der Waals surface area contributed by atoms with E-state index in [0.29, 0.717) is 0 Å². The van der Waals surface area contributed by atoms with Crippen molar-refractivity contribution in [2.24, 2.45) is 0 Å². The minimum absolute atomic E-state index is 0.0116. The van der Waals surface area contributed by atoms with Gasteiger partial charge in [0.25, 0.3) is 0 Å². The molecule has 8 nitrogen and oxygen atoms in total. The fourth-order valence-electron chi connectivity index (χ4n) is 1.46. The van der Waals surface area contributed by atoms with Crippen LogP contribution in [-0.2, 0) is 0 Å². The summed E-state index contributed by atoms with van der Waals surface area (Å²) in [6.07, 6.45) is -8.98. The first-order valence-corrected chi connectivity index (χ1v) is 6.91. The van der Waals surface area contributed by atoms with Gasteiger partial charge >= 0.3 is 24.4 Å². The van der Waals surface area contributed by atoms with Gasteiger partial charge < -0.3 is 9.47 Å². The Morgan fingerprint density at radius 1 is 0.692 bits per heavy atom. The lowest BCUT2D eigenvalue weighted by molar-refractivity contribution is -0.140. The number of nitrogens with zero attached hydrogens (tertiary/aromatic N) is 6. The maximum atomic E-state index is 12.1. The number of ether oxygens (including phenoxy) is 2. The molecule has 0 saturated heterocycles. The predicted octanol–water partition coefficient (Wildman–Crippen LogP) is 2.39. The SMILES string of the molecule is FC(F)(F)CCOc1nncc(-c2cnnc(OCCC(F)(F)F)n2)n1.